The van der Waals surface area contributed by atoms with Gasteiger partial charge in [-0.05, 0) is 24.8 Å². The van der Waals surface area contributed by atoms with Gasteiger partial charge >= 0.3 is 0 Å². The molecule has 0 heterocycles. The Morgan fingerprint density at radius 3 is 2.58 bits per heavy atom. The van der Waals surface area contributed by atoms with Crippen molar-refractivity contribution < 1.29 is 0 Å². The molecule has 0 bridgehead atoms. The minimum absolute atomic E-state index is 0.417. The Labute approximate surface area is 117 Å². The normalized spacial score (nSPS) is 18.5. The Morgan fingerprint density at radius 1 is 1.16 bits per heavy atom. The van der Waals surface area contributed by atoms with Crippen molar-refractivity contribution in [3.05, 3.63) is 54.6 Å². The van der Waals surface area contributed by atoms with Crippen LogP contribution in [-0.2, 0) is 0 Å². The van der Waals surface area contributed by atoms with Crippen molar-refractivity contribution in [1.29, 1.82) is 0 Å². The van der Waals surface area contributed by atoms with Gasteiger partial charge in [0.2, 0.25) is 0 Å². The Hall–Kier alpha value is -1.34. The van der Waals surface area contributed by atoms with E-state index in [1.54, 1.807) is 0 Å². The van der Waals surface area contributed by atoms with Crippen molar-refractivity contribution in [3.8, 4) is 0 Å². The van der Waals surface area contributed by atoms with E-state index in [1.807, 2.05) is 6.08 Å². The second kappa shape index (κ2) is 7.96. The summed E-state index contributed by atoms with van der Waals surface area (Å²) in [5.74, 6) is 0. The molecule has 2 rings (SSSR count). The predicted octanol–water partition coefficient (Wildman–Crippen LogP) is 4.57. The van der Waals surface area contributed by atoms with Crippen LogP contribution in [0.1, 0.15) is 44.1 Å². The van der Waals surface area contributed by atoms with E-state index in [-0.39, 0.29) is 0 Å². The van der Waals surface area contributed by atoms with Gasteiger partial charge in [-0.15, -0.1) is 6.58 Å². The fraction of sp³-hybridized carbons (Fsp3) is 0.444. The van der Waals surface area contributed by atoms with Crippen LogP contribution in [-0.4, -0.2) is 12.1 Å². The lowest BCUT2D eigenvalue weighted by Crippen LogP contribution is -2.38. The average molecular weight is 255 g/mol. The molecule has 0 aromatic heterocycles. The summed E-state index contributed by atoms with van der Waals surface area (Å²) in [5, 5.41) is 3.77. The number of benzene rings is 1. The van der Waals surface area contributed by atoms with Crippen LogP contribution in [0.5, 0.6) is 0 Å². The third-order valence-electron chi connectivity index (χ3n) is 3.80. The summed E-state index contributed by atoms with van der Waals surface area (Å²) in [5.41, 5.74) is 1.27. The minimum Gasteiger partial charge on any atom is -0.307 e. The van der Waals surface area contributed by atoms with Gasteiger partial charge in [-0.2, -0.15) is 0 Å². The zero-order valence-corrected chi connectivity index (χ0v) is 11.7. The van der Waals surface area contributed by atoms with Crippen LogP contribution in [0, 0.1) is 0 Å². The lowest BCUT2D eigenvalue weighted by molar-refractivity contribution is 0.356. The molecule has 1 fully saturated rings. The summed E-state index contributed by atoms with van der Waals surface area (Å²) in [6, 6.07) is 11.6. The van der Waals surface area contributed by atoms with Crippen LogP contribution in [0.25, 0.3) is 6.08 Å². The van der Waals surface area contributed by atoms with Crippen molar-refractivity contribution in [3.63, 3.8) is 0 Å². The minimum atomic E-state index is 0.417. The second-order valence-electron chi connectivity index (χ2n) is 5.40. The first-order valence-corrected chi connectivity index (χ1v) is 7.48. The Balaban J connectivity index is 1.91. The molecule has 1 aromatic rings. The number of hydrogen-bond acceptors (Lipinski definition) is 1. The Bertz CT molecular complexity index is 387. The third kappa shape index (κ3) is 5.04. The van der Waals surface area contributed by atoms with E-state index in [0.29, 0.717) is 12.1 Å². The standard InChI is InChI=1S/C18H25N/c1-2-9-17(19-18-12-7-4-8-13-18)15-14-16-10-5-3-6-11-16/h2-3,5-6,10-11,14-15,17-19H,1,4,7-9,12-13H2/b15-14+. The van der Waals surface area contributed by atoms with Gasteiger partial charge in [0.05, 0.1) is 0 Å². The van der Waals surface area contributed by atoms with Gasteiger partial charge in [0.15, 0.2) is 0 Å². The number of nitrogens with one attached hydrogen (secondary N) is 1. The summed E-state index contributed by atoms with van der Waals surface area (Å²) >= 11 is 0. The molecule has 0 aliphatic heterocycles. The fourth-order valence-electron chi connectivity index (χ4n) is 2.75. The summed E-state index contributed by atoms with van der Waals surface area (Å²) < 4.78 is 0. The molecule has 1 N–H and O–H groups in total. The van der Waals surface area contributed by atoms with Gasteiger partial charge in [0.25, 0.3) is 0 Å². The highest BCUT2D eigenvalue weighted by atomic mass is 14.9. The molecule has 1 unspecified atom stereocenters. The maximum Gasteiger partial charge on any atom is 0.0290 e. The molecule has 1 aliphatic carbocycles. The molecule has 1 heteroatoms. The van der Waals surface area contributed by atoms with Gasteiger partial charge in [-0.25, -0.2) is 0 Å². The lowest BCUT2D eigenvalue weighted by atomic mass is 9.94. The molecule has 0 amide bonds. The SMILES string of the molecule is C=CCC(/C=C/c1ccccc1)NC1CCCCC1. The molecule has 1 atom stereocenters. The van der Waals surface area contributed by atoms with Crippen molar-refractivity contribution >= 4 is 6.08 Å². The first-order chi connectivity index (χ1) is 9.38. The highest BCUT2D eigenvalue weighted by molar-refractivity contribution is 5.49. The smallest absolute Gasteiger partial charge is 0.0290 e. The molecular weight excluding hydrogens is 230 g/mol. The molecule has 0 spiro atoms. The third-order valence-corrected chi connectivity index (χ3v) is 3.80. The molecule has 0 radical (unpaired) electrons. The predicted molar refractivity (Wildman–Crippen MR) is 84.1 cm³/mol. The van der Waals surface area contributed by atoms with Crippen LogP contribution in [0.4, 0.5) is 0 Å². The largest absolute Gasteiger partial charge is 0.307 e. The van der Waals surface area contributed by atoms with E-state index < -0.39 is 0 Å². The monoisotopic (exact) mass is 255 g/mol. The summed E-state index contributed by atoms with van der Waals surface area (Å²) in [6.07, 6.45) is 14.3. The zero-order valence-electron chi connectivity index (χ0n) is 11.7. The Kier molecular flexibility index (Phi) is 5.90. The van der Waals surface area contributed by atoms with E-state index in [4.69, 9.17) is 0 Å². The van der Waals surface area contributed by atoms with E-state index in [2.05, 4.69) is 54.4 Å². The Morgan fingerprint density at radius 2 is 1.89 bits per heavy atom. The lowest BCUT2D eigenvalue weighted by Gasteiger charge is -2.26. The van der Waals surface area contributed by atoms with Crippen LogP contribution in [0.2, 0.25) is 0 Å². The van der Waals surface area contributed by atoms with Crippen molar-refractivity contribution in [1.82, 2.24) is 5.32 Å². The molecular formula is C18H25N. The maximum atomic E-state index is 3.87. The highest BCUT2D eigenvalue weighted by Gasteiger charge is 2.15. The molecule has 1 aliphatic rings. The molecule has 1 aromatic carbocycles. The van der Waals surface area contributed by atoms with Crippen molar-refractivity contribution in [2.24, 2.45) is 0 Å². The second-order valence-corrected chi connectivity index (χ2v) is 5.40. The number of rotatable bonds is 6. The summed E-state index contributed by atoms with van der Waals surface area (Å²) in [7, 11) is 0. The molecule has 0 saturated heterocycles. The summed E-state index contributed by atoms with van der Waals surface area (Å²) in [4.78, 5) is 0. The van der Waals surface area contributed by atoms with Crippen molar-refractivity contribution in [2.75, 3.05) is 0 Å². The zero-order chi connectivity index (χ0) is 13.3. The van der Waals surface area contributed by atoms with Gasteiger partial charge in [0, 0.05) is 12.1 Å². The highest BCUT2D eigenvalue weighted by Crippen LogP contribution is 2.18. The molecule has 19 heavy (non-hydrogen) atoms. The van der Waals surface area contributed by atoms with E-state index in [0.717, 1.165) is 6.42 Å². The van der Waals surface area contributed by atoms with E-state index >= 15 is 0 Å². The van der Waals surface area contributed by atoms with Crippen LogP contribution in [0.3, 0.4) is 0 Å². The molecule has 1 saturated carbocycles. The van der Waals surface area contributed by atoms with Crippen LogP contribution < -0.4 is 5.32 Å². The van der Waals surface area contributed by atoms with Crippen LogP contribution in [0.15, 0.2) is 49.1 Å². The molecule has 102 valence electrons. The van der Waals surface area contributed by atoms with Gasteiger partial charge in [-0.1, -0.05) is 67.8 Å². The first-order valence-electron chi connectivity index (χ1n) is 7.48. The van der Waals surface area contributed by atoms with Gasteiger partial charge in [0.1, 0.15) is 0 Å². The fourth-order valence-corrected chi connectivity index (χ4v) is 2.75. The van der Waals surface area contributed by atoms with E-state index in [9.17, 15) is 0 Å². The van der Waals surface area contributed by atoms with E-state index in [1.165, 1.54) is 37.7 Å². The van der Waals surface area contributed by atoms with Crippen LogP contribution >= 0.6 is 0 Å². The number of hydrogen-bond donors (Lipinski definition) is 1. The first kappa shape index (κ1) is 14.1. The quantitative estimate of drug-likeness (QED) is 0.734. The van der Waals surface area contributed by atoms with Gasteiger partial charge < -0.3 is 5.32 Å². The topological polar surface area (TPSA) is 12.0 Å². The summed E-state index contributed by atoms with van der Waals surface area (Å²) in [6.45, 7) is 3.87. The molecule has 1 nitrogen and oxygen atoms in total. The average Bonchev–Trinajstić information content (AvgIpc) is 2.47. The van der Waals surface area contributed by atoms with Gasteiger partial charge in [-0.3, -0.25) is 0 Å². The maximum absolute atomic E-state index is 3.87. The van der Waals surface area contributed by atoms with Crippen molar-refractivity contribution in [2.45, 2.75) is 50.6 Å².